The summed E-state index contributed by atoms with van der Waals surface area (Å²) in [5.41, 5.74) is 9.73. The van der Waals surface area contributed by atoms with Gasteiger partial charge in [0.05, 0.1) is 11.0 Å². The van der Waals surface area contributed by atoms with Crippen molar-refractivity contribution in [2.24, 2.45) is 25.2 Å². The van der Waals surface area contributed by atoms with Gasteiger partial charge in [0.1, 0.15) is 0 Å². The molecular weight excluding hydrogens is 330 g/mol. The van der Waals surface area contributed by atoms with Gasteiger partial charge >= 0.3 is 5.69 Å². The fourth-order valence-corrected chi connectivity index (χ4v) is 4.22. The molecule has 21 heavy (non-hydrogen) atoms. The van der Waals surface area contributed by atoms with Gasteiger partial charge in [-0.05, 0) is 36.0 Å². The molecule has 5 heteroatoms. The number of halogens is 1. The molecule has 4 nitrogen and oxygen atoms in total. The number of imidazole rings is 1. The fraction of sp³-hybridized carbons (Fsp3) is 0.562. The summed E-state index contributed by atoms with van der Waals surface area (Å²) in [5, 5.41) is 0. The summed E-state index contributed by atoms with van der Waals surface area (Å²) < 4.78 is 4.36. The van der Waals surface area contributed by atoms with Crippen LogP contribution in [0.15, 0.2) is 21.4 Å². The SMILES string of the molecule is Cn1c(=O)n(C)c2cc(C(N)C3(C)CCCC3)c(Br)cc21. The first kappa shape index (κ1) is 14.9. The van der Waals surface area contributed by atoms with Crippen molar-refractivity contribution in [2.45, 2.75) is 38.6 Å². The Bertz CT molecular complexity index is 753. The lowest BCUT2D eigenvalue weighted by Gasteiger charge is -2.32. The van der Waals surface area contributed by atoms with E-state index in [0.29, 0.717) is 0 Å². The predicted octanol–water partition coefficient (Wildman–Crippen LogP) is 3.22. The van der Waals surface area contributed by atoms with Gasteiger partial charge in [-0.15, -0.1) is 0 Å². The number of nitrogens with zero attached hydrogens (tertiary/aromatic N) is 2. The number of hydrogen-bond donors (Lipinski definition) is 1. The highest BCUT2D eigenvalue weighted by molar-refractivity contribution is 9.10. The minimum Gasteiger partial charge on any atom is -0.323 e. The zero-order valence-corrected chi connectivity index (χ0v) is 14.4. The van der Waals surface area contributed by atoms with E-state index in [4.69, 9.17) is 5.73 Å². The maximum absolute atomic E-state index is 12.1. The summed E-state index contributed by atoms with van der Waals surface area (Å²) >= 11 is 3.65. The van der Waals surface area contributed by atoms with E-state index in [1.807, 2.05) is 13.1 Å². The molecular formula is C16H22BrN3O. The fourth-order valence-electron chi connectivity index (χ4n) is 3.64. The van der Waals surface area contributed by atoms with Gasteiger partial charge in [0, 0.05) is 24.6 Å². The zero-order valence-electron chi connectivity index (χ0n) is 12.8. The average Bonchev–Trinajstić information content (AvgIpc) is 2.98. The summed E-state index contributed by atoms with van der Waals surface area (Å²) in [6.45, 7) is 2.28. The first-order chi connectivity index (χ1) is 9.85. The van der Waals surface area contributed by atoms with Crippen molar-refractivity contribution in [3.8, 4) is 0 Å². The summed E-state index contributed by atoms with van der Waals surface area (Å²) in [5.74, 6) is 0. The van der Waals surface area contributed by atoms with E-state index in [0.717, 1.165) is 21.1 Å². The topological polar surface area (TPSA) is 53.0 Å². The molecule has 2 N–H and O–H groups in total. The highest BCUT2D eigenvalue weighted by atomic mass is 79.9. The third kappa shape index (κ3) is 2.18. The smallest absolute Gasteiger partial charge is 0.323 e. The highest BCUT2D eigenvalue weighted by Gasteiger charge is 2.36. The van der Waals surface area contributed by atoms with Gasteiger partial charge in [-0.1, -0.05) is 35.7 Å². The van der Waals surface area contributed by atoms with Gasteiger partial charge in [0.2, 0.25) is 0 Å². The molecule has 0 spiro atoms. The summed E-state index contributed by atoms with van der Waals surface area (Å²) in [6, 6.07) is 4.09. The van der Waals surface area contributed by atoms with Crippen molar-refractivity contribution >= 4 is 27.0 Å². The lowest BCUT2D eigenvalue weighted by Crippen LogP contribution is -2.29. The van der Waals surface area contributed by atoms with Gasteiger partial charge in [0.25, 0.3) is 0 Å². The van der Waals surface area contributed by atoms with Gasteiger partial charge in [-0.25, -0.2) is 4.79 Å². The Hall–Kier alpha value is -1.07. The standard InChI is InChI=1S/C16H22BrN3O/c1-16(6-4-5-7-16)14(18)10-8-12-13(9-11(10)17)20(3)15(21)19(12)2/h8-9,14H,4-7,18H2,1-3H3. The molecule has 1 aromatic carbocycles. The van der Waals surface area contributed by atoms with Crippen LogP contribution in [0.4, 0.5) is 0 Å². The molecule has 1 atom stereocenters. The second-order valence-corrected chi connectivity index (χ2v) is 7.46. The summed E-state index contributed by atoms with van der Waals surface area (Å²) in [7, 11) is 3.61. The Labute approximate surface area is 133 Å². The first-order valence-corrected chi connectivity index (χ1v) is 8.25. The lowest BCUT2D eigenvalue weighted by atomic mass is 9.78. The van der Waals surface area contributed by atoms with E-state index in [-0.39, 0.29) is 17.1 Å². The second kappa shape index (κ2) is 4.99. The van der Waals surface area contributed by atoms with Crippen LogP contribution < -0.4 is 11.4 Å². The molecule has 1 aliphatic carbocycles. The van der Waals surface area contributed by atoms with Crippen LogP contribution in [0.3, 0.4) is 0 Å². The Morgan fingerprint density at radius 2 is 1.71 bits per heavy atom. The van der Waals surface area contributed by atoms with Crippen LogP contribution in [0.1, 0.15) is 44.2 Å². The molecule has 3 rings (SSSR count). The van der Waals surface area contributed by atoms with Gasteiger partial charge in [0.15, 0.2) is 0 Å². The average molecular weight is 352 g/mol. The molecule has 1 fully saturated rings. The van der Waals surface area contributed by atoms with Crippen molar-refractivity contribution in [1.82, 2.24) is 9.13 Å². The van der Waals surface area contributed by atoms with E-state index < -0.39 is 0 Å². The minimum absolute atomic E-state index is 0.00491. The number of hydrogen-bond acceptors (Lipinski definition) is 2. The van der Waals surface area contributed by atoms with E-state index >= 15 is 0 Å². The number of rotatable bonds is 2. The van der Waals surface area contributed by atoms with E-state index in [1.54, 1.807) is 16.2 Å². The molecule has 1 unspecified atom stereocenters. The number of aromatic nitrogens is 2. The second-order valence-electron chi connectivity index (χ2n) is 6.60. The Balaban J connectivity index is 2.17. The Kier molecular flexibility index (Phi) is 3.53. The number of nitrogens with two attached hydrogens (primary N) is 1. The maximum Gasteiger partial charge on any atom is 0.328 e. The molecule has 0 aliphatic heterocycles. The van der Waals surface area contributed by atoms with Crippen LogP contribution in [0, 0.1) is 5.41 Å². The van der Waals surface area contributed by atoms with Crippen molar-refractivity contribution in [3.63, 3.8) is 0 Å². The highest BCUT2D eigenvalue weighted by Crippen LogP contribution is 2.47. The summed E-state index contributed by atoms with van der Waals surface area (Å²) in [6.07, 6.45) is 4.86. The van der Waals surface area contributed by atoms with Crippen molar-refractivity contribution < 1.29 is 0 Å². The molecule has 0 amide bonds. The van der Waals surface area contributed by atoms with E-state index in [2.05, 4.69) is 28.9 Å². The van der Waals surface area contributed by atoms with Crippen LogP contribution >= 0.6 is 15.9 Å². The molecule has 0 bridgehead atoms. The Morgan fingerprint density at radius 3 is 2.29 bits per heavy atom. The Morgan fingerprint density at radius 1 is 1.19 bits per heavy atom. The molecule has 1 saturated carbocycles. The maximum atomic E-state index is 12.1. The first-order valence-electron chi connectivity index (χ1n) is 7.45. The molecule has 1 aromatic heterocycles. The van der Waals surface area contributed by atoms with E-state index in [9.17, 15) is 4.79 Å². The molecule has 2 aromatic rings. The van der Waals surface area contributed by atoms with Gasteiger partial charge < -0.3 is 5.73 Å². The monoisotopic (exact) mass is 351 g/mol. The zero-order chi connectivity index (χ0) is 15.4. The third-order valence-electron chi connectivity index (χ3n) is 5.22. The van der Waals surface area contributed by atoms with Crippen LogP contribution in [0.5, 0.6) is 0 Å². The van der Waals surface area contributed by atoms with Crippen LogP contribution in [-0.2, 0) is 14.1 Å². The quantitative estimate of drug-likeness (QED) is 0.902. The number of aryl methyl sites for hydroxylation is 2. The number of benzene rings is 1. The summed E-state index contributed by atoms with van der Waals surface area (Å²) in [4.78, 5) is 12.1. The third-order valence-corrected chi connectivity index (χ3v) is 5.91. The van der Waals surface area contributed by atoms with Crippen molar-refractivity contribution in [1.29, 1.82) is 0 Å². The molecule has 0 radical (unpaired) electrons. The van der Waals surface area contributed by atoms with Crippen molar-refractivity contribution in [2.75, 3.05) is 0 Å². The molecule has 114 valence electrons. The van der Waals surface area contributed by atoms with Crippen molar-refractivity contribution in [3.05, 3.63) is 32.7 Å². The largest absolute Gasteiger partial charge is 0.328 e. The van der Waals surface area contributed by atoms with E-state index in [1.165, 1.54) is 25.7 Å². The van der Waals surface area contributed by atoms with Gasteiger partial charge in [-0.3, -0.25) is 9.13 Å². The predicted molar refractivity (Wildman–Crippen MR) is 89.4 cm³/mol. The molecule has 0 saturated heterocycles. The van der Waals surface area contributed by atoms with Gasteiger partial charge in [-0.2, -0.15) is 0 Å². The van der Waals surface area contributed by atoms with Crippen LogP contribution in [0.25, 0.3) is 11.0 Å². The van der Waals surface area contributed by atoms with Crippen LogP contribution in [0.2, 0.25) is 0 Å². The normalized spacial score (nSPS) is 19.3. The molecule has 1 aliphatic rings. The lowest BCUT2D eigenvalue weighted by molar-refractivity contribution is 0.265. The van der Waals surface area contributed by atoms with Crippen LogP contribution in [-0.4, -0.2) is 9.13 Å². The molecule has 1 heterocycles. The minimum atomic E-state index is -0.00548. The number of fused-ring (bicyclic) bond motifs is 1.